The van der Waals surface area contributed by atoms with E-state index < -0.39 is 78.5 Å². The molecule has 0 aliphatic carbocycles. The normalized spacial score (nSPS) is 14.2. The highest BCUT2D eigenvalue weighted by molar-refractivity contribution is 5.96. The van der Waals surface area contributed by atoms with Gasteiger partial charge in [0, 0.05) is 6.42 Å². The van der Waals surface area contributed by atoms with Crippen molar-refractivity contribution in [3.63, 3.8) is 0 Å². The molecule has 0 aliphatic heterocycles. The van der Waals surface area contributed by atoms with Crippen molar-refractivity contribution in [2.24, 2.45) is 17.4 Å². The van der Waals surface area contributed by atoms with Crippen molar-refractivity contribution in [3.8, 4) is 0 Å². The maximum atomic E-state index is 12.9. The SMILES string of the molecule is CC(C)C(NC(=O)C(CC(N)=O)NC(=O)C(N)CC(=O)O)C(=O)NC(Cc1ccccc1)C(=O)O. The second-order valence-corrected chi connectivity index (χ2v) is 8.26. The minimum Gasteiger partial charge on any atom is -0.481 e. The number of carbonyl (C=O) groups is 6. The number of benzene rings is 1. The largest absolute Gasteiger partial charge is 0.481 e. The van der Waals surface area contributed by atoms with Gasteiger partial charge in [-0.3, -0.25) is 24.0 Å². The fourth-order valence-corrected chi connectivity index (χ4v) is 3.07. The molecule has 0 saturated heterocycles. The average Bonchev–Trinajstić information content (AvgIpc) is 2.75. The molecule has 4 atom stereocenters. The highest BCUT2D eigenvalue weighted by Crippen LogP contribution is 2.08. The van der Waals surface area contributed by atoms with E-state index in [4.69, 9.17) is 16.6 Å². The van der Waals surface area contributed by atoms with Gasteiger partial charge < -0.3 is 37.6 Å². The van der Waals surface area contributed by atoms with Crippen LogP contribution in [0.5, 0.6) is 0 Å². The van der Waals surface area contributed by atoms with Crippen molar-refractivity contribution < 1.29 is 39.0 Å². The Kier molecular flexibility index (Phi) is 11.3. The van der Waals surface area contributed by atoms with Gasteiger partial charge in [-0.05, 0) is 11.5 Å². The highest BCUT2D eigenvalue weighted by atomic mass is 16.4. The third kappa shape index (κ3) is 10.2. The van der Waals surface area contributed by atoms with Crippen LogP contribution in [0.15, 0.2) is 30.3 Å². The second-order valence-electron chi connectivity index (χ2n) is 8.26. The second kappa shape index (κ2) is 13.6. The first-order valence-electron chi connectivity index (χ1n) is 10.7. The van der Waals surface area contributed by atoms with Gasteiger partial charge in [0.2, 0.25) is 23.6 Å². The van der Waals surface area contributed by atoms with Crippen molar-refractivity contribution in [2.75, 3.05) is 0 Å². The van der Waals surface area contributed by atoms with Gasteiger partial charge in [0.05, 0.1) is 18.9 Å². The molecule has 35 heavy (non-hydrogen) atoms. The lowest BCUT2D eigenvalue weighted by atomic mass is 10.0. The lowest BCUT2D eigenvalue weighted by Gasteiger charge is -2.26. The fourth-order valence-electron chi connectivity index (χ4n) is 3.07. The molecule has 13 heteroatoms. The van der Waals surface area contributed by atoms with Crippen molar-refractivity contribution in [3.05, 3.63) is 35.9 Å². The number of rotatable bonds is 14. The zero-order chi connectivity index (χ0) is 26.7. The van der Waals surface area contributed by atoms with Crippen LogP contribution >= 0.6 is 0 Å². The quantitative estimate of drug-likeness (QED) is 0.153. The van der Waals surface area contributed by atoms with Gasteiger partial charge in [-0.25, -0.2) is 4.79 Å². The molecular weight excluding hydrogens is 462 g/mol. The molecule has 13 nitrogen and oxygen atoms in total. The maximum Gasteiger partial charge on any atom is 0.326 e. The first-order chi connectivity index (χ1) is 16.3. The molecule has 4 amide bonds. The Bertz CT molecular complexity index is 937. The molecule has 0 aliphatic rings. The van der Waals surface area contributed by atoms with E-state index in [9.17, 15) is 33.9 Å². The third-order valence-electron chi connectivity index (χ3n) is 4.91. The molecular formula is C22H31N5O8. The molecule has 0 aromatic heterocycles. The van der Waals surface area contributed by atoms with Crippen LogP contribution in [-0.2, 0) is 35.2 Å². The van der Waals surface area contributed by atoms with Crippen LogP contribution in [0.25, 0.3) is 0 Å². The Balaban J connectivity index is 2.97. The predicted octanol–water partition coefficient (Wildman–Crippen LogP) is -1.90. The minimum atomic E-state index is -1.53. The van der Waals surface area contributed by atoms with E-state index in [1.807, 2.05) is 0 Å². The highest BCUT2D eigenvalue weighted by Gasteiger charge is 2.32. The number of primary amides is 1. The summed E-state index contributed by atoms with van der Waals surface area (Å²) in [6, 6.07) is 3.09. The molecule has 9 N–H and O–H groups in total. The number of aliphatic carboxylic acids is 2. The molecule has 0 radical (unpaired) electrons. The molecule has 0 heterocycles. The predicted molar refractivity (Wildman–Crippen MR) is 122 cm³/mol. The first-order valence-corrected chi connectivity index (χ1v) is 10.7. The number of carboxylic acids is 2. The summed E-state index contributed by atoms with van der Waals surface area (Å²) in [5.41, 5.74) is 11.3. The summed E-state index contributed by atoms with van der Waals surface area (Å²) in [5.74, 6) is -6.83. The summed E-state index contributed by atoms with van der Waals surface area (Å²) in [4.78, 5) is 71.7. The average molecular weight is 494 g/mol. The van der Waals surface area contributed by atoms with Crippen LogP contribution in [0, 0.1) is 5.92 Å². The van der Waals surface area contributed by atoms with E-state index in [0.29, 0.717) is 5.56 Å². The van der Waals surface area contributed by atoms with Crippen LogP contribution < -0.4 is 27.4 Å². The van der Waals surface area contributed by atoms with Gasteiger partial charge in [-0.2, -0.15) is 0 Å². The van der Waals surface area contributed by atoms with Crippen molar-refractivity contribution >= 4 is 35.6 Å². The number of amides is 4. The lowest BCUT2D eigenvalue weighted by Crippen LogP contribution is -2.59. The Morgan fingerprint density at radius 2 is 1.40 bits per heavy atom. The maximum absolute atomic E-state index is 12.9. The number of hydrogen-bond acceptors (Lipinski definition) is 7. The molecule has 0 fully saturated rings. The molecule has 1 aromatic carbocycles. The zero-order valence-electron chi connectivity index (χ0n) is 19.4. The Labute approximate surface area is 201 Å². The van der Waals surface area contributed by atoms with E-state index in [1.165, 1.54) is 0 Å². The number of carbonyl (C=O) groups excluding carboxylic acids is 4. The molecule has 0 spiro atoms. The summed E-state index contributed by atoms with van der Waals surface area (Å²) < 4.78 is 0. The van der Waals surface area contributed by atoms with Crippen molar-refractivity contribution in [2.45, 2.75) is 57.3 Å². The molecule has 4 unspecified atom stereocenters. The summed E-state index contributed by atoms with van der Waals surface area (Å²) in [6.45, 7) is 3.20. The van der Waals surface area contributed by atoms with E-state index in [0.717, 1.165) is 0 Å². The molecule has 1 aromatic rings. The number of carboxylic acid groups (broad SMARTS) is 2. The van der Waals surface area contributed by atoms with Gasteiger partial charge in [0.25, 0.3) is 0 Å². The van der Waals surface area contributed by atoms with E-state index >= 15 is 0 Å². The lowest BCUT2D eigenvalue weighted by molar-refractivity contribution is -0.142. The molecule has 192 valence electrons. The van der Waals surface area contributed by atoms with Crippen LogP contribution in [-0.4, -0.2) is 69.9 Å². The van der Waals surface area contributed by atoms with E-state index in [1.54, 1.807) is 44.2 Å². The van der Waals surface area contributed by atoms with Crippen LogP contribution in [0.1, 0.15) is 32.3 Å². The monoisotopic (exact) mass is 493 g/mol. The fraction of sp³-hybridized carbons (Fsp3) is 0.455. The van der Waals surface area contributed by atoms with Gasteiger partial charge in [-0.15, -0.1) is 0 Å². The number of nitrogens with one attached hydrogen (secondary N) is 3. The zero-order valence-corrected chi connectivity index (χ0v) is 19.4. The third-order valence-corrected chi connectivity index (χ3v) is 4.91. The smallest absolute Gasteiger partial charge is 0.326 e. The number of hydrogen-bond donors (Lipinski definition) is 7. The van der Waals surface area contributed by atoms with Gasteiger partial charge in [-0.1, -0.05) is 44.2 Å². The summed E-state index contributed by atoms with van der Waals surface area (Å²) in [5, 5.41) is 25.2. The molecule has 0 saturated carbocycles. The van der Waals surface area contributed by atoms with Gasteiger partial charge in [0.15, 0.2) is 0 Å². The van der Waals surface area contributed by atoms with Gasteiger partial charge >= 0.3 is 11.9 Å². The van der Waals surface area contributed by atoms with Crippen LogP contribution in [0.3, 0.4) is 0 Å². The minimum absolute atomic E-state index is 0.00248. The topological polar surface area (TPSA) is 231 Å². The van der Waals surface area contributed by atoms with Crippen molar-refractivity contribution in [1.29, 1.82) is 0 Å². The Morgan fingerprint density at radius 1 is 0.829 bits per heavy atom. The Morgan fingerprint density at radius 3 is 1.89 bits per heavy atom. The van der Waals surface area contributed by atoms with Gasteiger partial charge in [0.1, 0.15) is 18.1 Å². The molecule has 0 bridgehead atoms. The van der Waals surface area contributed by atoms with Crippen LogP contribution in [0.2, 0.25) is 0 Å². The standard InChI is InChI=1S/C22H31N5O8/c1-11(2)18(21(33)26-15(22(34)35)8-12-6-4-3-5-7-12)27-20(32)14(10-16(24)28)25-19(31)13(23)9-17(29)30/h3-7,11,13-15,18H,8-10,23H2,1-2H3,(H2,24,28)(H,25,31)(H,26,33)(H,27,32)(H,29,30)(H,34,35). The van der Waals surface area contributed by atoms with E-state index in [-0.39, 0.29) is 6.42 Å². The summed E-state index contributed by atoms with van der Waals surface area (Å²) in [6.07, 6.45) is -1.36. The first kappa shape index (κ1) is 29.0. The Hall–Kier alpha value is -4.00. The summed E-state index contributed by atoms with van der Waals surface area (Å²) >= 11 is 0. The van der Waals surface area contributed by atoms with E-state index in [2.05, 4.69) is 16.0 Å². The van der Waals surface area contributed by atoms with Crippen molar-refractivity contribution in [1.82, 2.24) is 16.0 Å². The number of nitrogens with two attached hydrogens (primary N) is 2. The summed E-state index contributed by atoms with van der Waals surface area (Å²) in [7, 11) is 0. The molecule has 1 rings (SSSR count). The van der Waals surface area contributed by atoms with Crippen LogP contribution in [0.4, 0.5) is 0 Å².